The number of carbonyl (C=O) groups excluding carboxylic acids is 2. The van der Waals surface area contributed by atoms with E-state index < -0.39 is 12.0 Å². The fourth-order valence-electron chi connectivity index (χ4n) is 3.15. The van der Waals surface area contributed by atoms with E-state index in [2.05, 4.69) is 21.2 Å². The van der Waals surface area contributed by atoms with Gasteiger partial charge in [0.25, 0.3) is 0 Å². The highest BCUT2D eigenvalue weighted by atomic mass is 79.9. The van der Waals surface area contributed by atoms with E-state index >= 15 is 0 Å². The number of halogens is 1. The molecule has 0 bridgehead atoms. The van der Waals surface area contributed by atoms with E-state index in [9.17, 15) is 9.59 Å². The Kier molecular flexibility index (Phi) is 7.35. The Balaban J connectivity index is 2.61. The minimum Gasteiger partial charge on any atom is -0.493 e. The maximum absolute atomic E-state index is 12.7. The number of amides is 2. The van der Waals surface area contributed by atoms with E-state index in [1.807, 2.05) is 20.8 Å². The average Bonchev–Trinajstić information content (AvgIpc) is 2.61. The van der Waals surface area contributed by atoms with Gasteiger partial charge in [-0.25, -0.2) is 9.59 Å². The number of benzene rings is 1. The SMILES string of the molecule is CCOC(=O)C1=C(C)N(CC)C(=O)N[C@@H]1c1cc(OC)c(OC(C)C)cc1Br. The fraction of sp³-hybridized carbons (Fsp3) is 0.500. The number of hydrogen-bond donors (Lipinski definition) is 1. The van der Waals surface area contributed by atoms with Crippen LogP contribution in [0.3, 0.4) is 0 Å². The van der Waals surface area contributed by atoms with Crippen molar-refractivity contribution in [3.63, 3.8) is 0 Å². The minimum atomic E-state index is -0.675. The number of carbonyl (C=O) groups is 2. The highest BCUT2D eigenvalue weighted by molar-refractivity contribution is 9.10. The summed E-state index contributed by atoms with van der Waals surface area (Å²) in [5.74, 6) is 0.626. The molecule has 0 aromatic heterocycles. The molecule has 1 aromatic carbocycles. The van der Waals surface area contributed by atoms with Crippen molar-refractivity contribution in [1.29, 1.82) is 0 Å². The monoisotopic (exact) mass is 454 g/mol. The van der Waals surface area contributed by atoms with E-state index in [4.69, 9.17) is 14.2 Å². The van der Waals surface area contributed by atoms with Gasteiger partial charge in [0.05, 0.1) is 31.4 Å². The zero-order valence-electron chi connectivity index (χ0n) is 17.1. The van der Waals surface area contributed by atoms with Gasteiger partial charge in [-0.05, 0) is 52.3 Å². The number of nitrogens with zero attached hydrogens (tertiary/aromatic N) is 1. The van der Waals surface area contributed by atoms with E-state index in [1.54, 1.807) is 33.1 Å². The molecule has 0 saturated carbocycles. The van der Waals surface area contributed by atoms with Crippen molar-refractivity contribution in [3.05, 3.63) is 33.4 Å². The van der Waals surface area contributed by atoms with Crippen LogP contribution in [0.1, 0.15) is 46.2 Å². The first-order chi connectivity index (χ1) is 13.2. The summed E-state index contributed by atoms with van der Waals surface area (Å²) in [4.78, 5) is 26.8. The van der Waals surface area contributed by atoms with Crippen molar-refractivity contribution in [2.75, 3.05) is 20.3 Å². The maximum Gasteiger partial charge on any atom is 0.338 e. The van der Waals surface area contributed by atoms with Crippen LogP contribution < -0.4 is 14.8 Å². The number of nitrogens with one attached hydrogen (secondary N) is 1. The van der Waals surface area contributed by atoms with Crippen LogP contribution in [0.2, 0.25) is 0 Å². The Morgan fingerprint density at radius 1 is 1.29 bits per heavy atom. The lowest BCUT2D eigenvalue weighted by molar-refractivity contribution is -0.139. The van der Waals surface area contributed by atoms with Gasteiger partial charge in [0.1, 0.15) is 0 Å². The van der Waals surface area contributed by atoms with Gasteiger partial charge in [0.15, 0.2) is 11.5 Å². The summed E-state index contributed by atoms with van der Waals surface area (Å²) in [6.07, 6.45) is -0.0311. The van der Waals surface area contributed by atoms with Gasteiger partial charge in [0.2, 0.25) is 0 Å². The lowest BCUT2D eigenvalue weighted by atomic mass is 9.94. The van der Waals surface area contributed by atoms with Gasteiger partial charge in [-0.2, -0.15) is 0 Å². The van der Waals surface area contributed by atoms with Crippen LogP contribution in [-0.2, 0) is 9.53 Å². The molecular formula is C20H27BrN2O5. The molecule has 2 amide bonds. The third kappa shape index (κ3) is 4.43. The molecule has 1 N–H and O–H groups in total. The Hall–Kier alpha value is -2.22. The molecule has 0 aliphatic carbocycles. The summed E-state index contributed by atoms with van der Waals surface area (Å²) in [6, 6.07) is 2.60. The molecule has 7 nitrogen and oxygen atoms in total. The highest BCUT2D eigenvalue weighted by Crippen LogP contribution is 2.41. The summed E-state index contributed by atoms with van der Waals surface area (Å²) in [7, 11) is 1.55. The van der Waals surface area contributed by atoms with Gasteiger partial charge in [0, 0.05) is 16.7 Å². The molecule has 2 rings (SSSR count). The Morgan fingerprint density at radius 2 is 1.96 bits per heavy atom. The van der Waals surface area contributed by atoms with Gasteiger partial charge in [-0.15, -0.1) is 0 Å². The summed E-state index contributed by atoms with van der Waals surface area (Å²) in [6.45, 7) is 9.89. The predicted octanol–water partition coefficient (Wildman–Crippen LogP) is 4.17. The molecule has 0 radical (unpaired) electrons. The zero-order valence-corrected chi connectivity index (χ0v) is 18.7. The van der Waals surface area contributed by atoms with Gasteiger partial charge >= 0.3 is 12.0 Å². The molecule has 1 atom stereocenters. The zero-order chi connectivity index (χ0) is 21.0. The van der Waals surface area contributed by atoms with E-state index in [0.717, 1.165) is 0 Å². The molecule has 1 aliphatic heterocycles. The largest absolute Gasteiger partial charge is 0.493 e. The second kappa shape index (κ2) is 9.32. The Morgan fingerprint density at radius 3 is 2.50 bits per heavy atom. The number of esters is 1. The summed E-state index contributed by atoms with van der Waals surface area (Å²) in [5.41, 5.74) is 1.64. The van der Waals surface area contributed by atoms with Crippen LogP contribution in [0.15, 0.2) is 27.9 Å². The molecule has 8 heteroatoms. The van der Waals surface area contributed by atoms with Crippen LogP contribution >= 0.6 is 15.9 Å². The number of methoxy groups -OCH3 is 1. The number of ether oxygens (including phenoxy) is 3. The van der Waals surface area contributed by atoms with E-state index in [0.29, 0.717) is 39.4 Å². The smallest absolute Gasteiger partial charge is 0.338 e. The average molecular weight is 455 g/mol. The second-order valence-electron chi connectivity index (χ2n) is 6.54. The van der Waals surface area contributed by atoms with Crippen LogP contribution in [0.25, 0.3) is 0 Å². The van der Waals surface area contributed by atoms with Crippen molar-refractivity contribution in [2.24, 2.45) is 0 Å². The van der Waals surface area contributed by atoms with E-state index in [-0.39, 0.29) is 18.7 Å². The molecule has 154 valence electrons. The second-order valence-corrected chi connectivity index (χ2v) is 7.39. The molecule has 1 aliphatic rings. The van der Waals surface area contributed by atoms with Crippen LogP contribution in [0, 0.1) is 0 Å². The summed E-state index contributed by atoms with van der Waals surface area (Å²) >= 11 is 3.55. The first-order valence-corrected chi connectivity index (χ1v) is 10.0. The molecule has 28 heavy (non-hydrogen) atoms. The molecule has 1 aromatic rings. The number of urea groups is 1. The van der Waals surface area contributed by atoms with Crippen molar-refractivity contribution in [1.82, 2.24) is 10.2 Å². The maximum atomic E-state index is 12.7. The molecular weight excluding hydrogens is 428 g/mol. The minimum absolute atomic E-state index is 0.0311. The Labute approximate surface area is 174 Å². The Bertz CT molecular complexity index is 791. The third-order valence-electron chi connectivity index (χ3n) is 4.36. The molecule has 0 fully saturated rings. The summed E-state index contributed by atoms with van der Waals surface area (Å²) in [5, 5.41) is 2.91. The number of allylic oxidation sites excluding steroid dienone is 1. The lowest BCUT2D eigenvalue weighted by Crippen LogP contribution is -2.48. The van der Waals surface area contributed by atoms with Crippen molar-refractivity contribution in [2.45, 2.75) is 46.8 Å². The van der Waals surface area contributed by atoms with Gasteiger partial charge < -0.3 is 19.5 Å². The van der Waals surface area contributed by atoms with Crippen LogP contribution in [0.5, 0.6) is 11.5 Å². The van der Waals surface area contributed by atoms with Crippen LogP contribution in [-0.4, -0.2) is 43.3 Å². The van der Waals surface area contributed by atoms with Gasteiger partial charge in [-0.1, -0.05) is 15.9 Å². The molecule has 0 saturated heterocycles. The normalized spacial score (nSPS) is 16.9. The number of rotatable bonds is 7. The van der Waals surface area contributed by atoms with E-state index in [1.165, 1.54) is 4.90 Å². The highest BCUT2D eigenvalue weighted by Gasteiger charge is 2.37. The summed E-state index contributed by atoms with van der Waals surface area (Å²) < 4.78 is 17.2. The van der Waals surface area contributed by atoms with Crippen molar-refractivity contribution < 1.29 is 23.8 Å². The van der Waals surface area contributed by atoms with Gasteiger partial charge in [-0.3, -0.25) is 4.90 Å². The quantitative estimate of drug-likeness (QED) is 0.625. The van der Waals surface area contributed by atoms with Crippen molar-refractivity contribution >= 4 is 27.9 Å². The first-order valence-electron chi connectivity index (χ1n) is 9.25. The predicted molar refractivity (Wildman–Crippen MR) is 109 cm³/mol. The molecule has 0 unspecified atom stereocenters. The standard InChI is InChI=1S/C20H27BrN2O5/c1-7-23-12(5)17(19(24)27-8-2)18(22-20(23)25)13-9-15(26-6)16(10-14(13)21)28-11(3)4/h9-11,18H,7-8H2,1-6H3,(H,22,25)/t18-/m1/s1. The molecule has 0 spiro atoms. The first kappa shape index (κ1) is 22.1. The third-order valence-corrected chi connectivity index (χ3v) is 5.05. The van der Waals surface area contributed by atoms with Crippen molar-refractivity contribution in [3.8, 4) is 11.5 Å². The number of hydrogen-bond acceptors (Lipinski definition) is 5. The lowest BCUT2D eigenvalue weighted by Gasteiger charge is -2.35. The molecule has 1 heterocycles. The topological polar surface area (TPSA) is 77.1 Å². The fourth-order valence-corrected chi connectivity index (χ4v) is 3.70. The van der Waals surface area contributed by atoms with Crippen LogP contribution in [0.4, 0.5) is 4.79 Å².